The molecule has 1 saturated heterocycles. The van der Waals surface area contributed by atoms with Gasteiger partial charge in [-0.2, -0.15) is 0 Å². The van der Waals surface area contributed by atoms with Crippen molar-refractivity contribution in [3.05, 3.63) is 77.4 Å². The van der Waals surface area contributed by atoms with Crippen molar-refractivity contribution in [2.45, 2.75) is 25.6 Å². The number of ether oxygens (including phenoxy) is 4. The SMILES string of the molecule is CCOc1ccc(C2NNC3c4cc5c(cc4N(Cc4cccc(OC)c4)CC23)OCCO5)cc1. The van der Waals surface area contributed by atoms with Gasteiger partial charge in [0, 0.05) is 30.8 Å². The summed E-state index contributed by atoms with van der Waals surface area (Å²) < 4.78 is 23.0. The summed E-state index contributed by atoms with van der Waals surface area (Å²) in [5, 5.41) is 0. The maximum absolute atomic E-state index is 5.95. The highest BCUT2D eigenvalue weighted by molar-refractivity contribution is 5.66. The molecule has 0 aromatic heterocycles. The molecule has 182 valence electrons. The Kier molecular flexibility index (Phi) is 5.88. The molecule has 3 aromatic carbocycles. The van der Waals surface area contributed by atoms with Gasteiger partial charge in [0.15, 0.2) is 11.5 Å². The van der Waals surface area contributed by atoms with E-state index in [4.69, 9.17) is 18.9 Å². The maximum Gasteiger partial charge on any atom is 0.163 e. The Labute approximate surface area is 205 Å². The Morgan fingerprint density at radius 2 is 1.69 bits per heavy atom. The molecule has 3 aromatic rings. The molecule has 0 amide bonds. The Balaban J connectivity index is 1.36. The second kappa shape index (κ2) is 9.32. The molecule has 0 aliphatic carbocycles. The Morgan fingerprint density at radius 1 is 0.914 bits per heavy atom. The zero-order chi connectivity index (χ0) is 23.8. The van der Waals surface area contributed by atoms with Crippen molar-refractivity contribution >= 4 is 5.69 Å². The number of benzene rings is 3. The van der Waals surface area contributed by atoms with E-state index in [0.717, 1.165) is 36.1 Å². The molecule has 3 unspecified atom stereocenters. The van der Waals surface area contributed by atoms with E-state index in [0.29, 0.717) is 25.7 Å². The lowest BCUT2D eigenvalue weighted by Crippen LogP contribution is -2.39. The number of anilines is 1. The molecular formula is C28H31N3O4. The molecule has 0 bridgehead atoms. The normalized spacial score (nSPS) is 22.3. The molecule has 7 nitrogen and oxygen atoms in total. The number of methoxy groups -OCH3 is 1. The third-order valence-corrected chi connectivity index (χ3v) is 7.11. The van der Waals surface area contributed by atoms with Gasteiger partial charge in [0.1, 0.15) is 24.7 Å². The van der Waals surface area contributed by atoms with Crippen LogP contribution < -0.4 is 34.7 Å². The molecule has 1 fully saturated rings. The Hall–Kier alpha value is -3.42. The molecule has 2 N–H and O–H groups in total. The molecular weight excluding hydrogens is 442 g/mol. The average molecular weight is 474 g/mol. The van der Waals surface area contributed by atoms with E-state index >= 15 is 0 Å². The molecule has 6 rings (SSSR count). The van der Waals surface area contributed by atoms with E-state index in [9.17, 15) is 0 Å². The minimum Gasteiger partial charge on any atom is -0.497 e. The Morgan fingerprint density at radius 3 is 2.46 bits per heavy atom. The van der Waals surface area contributed by atoms with Gasteiger partial charge < -0.3 is 23.8 Å². The van der Waals surface area contributed by atoms with Crippen LogP contribution in [0.5, 0.6) is 23.0 Å². The van der Waals surface area contributed by atoms with Crippen LogP contribution in [0.3, 0.4) is 0 Å². The molecule has 3 aliphatic rings. The van der Waals surface area contributed by atoms with Crippen LogP contribution in [0.25, 0.3) is 0 Å². The third-order valence-electron chi connectivity index (χ3n) is 7.11. The van der Waals surface area contributed by atoms with Gasteiger partial charge in [0.25, 0.3) is 0 Å². The number of hydrogen-bond donors (Lipinski definition) is 2. The predicted molar refractivity (Wildman–Crippen MR) is 134 cm³/mol. The number of hydrogen-bond acceptors (Lipinski definition) is 7. The number of nitrogens with zero attached hydrogens (tertiary/aromatic N) is 1. The van der Waals surface area contributed by atoms with Crippen molar-refractivity contribution in [3.8, 4) is 23.0 Å². The summed E-state index contributed by atoms with van der Waals surface area (Å²) in [7, 11) is 1.71. The number of hydrazine groups is 1. The molecule has 3 aliphatic heterocycles. The van der Waals surface area contributed by atoms with Crippen molar-refractivity contribution in [2.24, 2.45) is 5.92 Å². The van der Waals surface area contributed by atoms with Crippen molar-refractivity contribution < 1.29 is 18.9 Å². The van der Waals surface area contributed by atoms with E-state index in [-0.39, 0.29) is 12.1 Å². The van der Waals surface area contributed by atoms with Crippen molar-refractivity contribution in [1.82, 2.24) is 10.9 Å². The van der Waals surface area contributed by atoms with Crippen LogP contribution in [0.1, 0.15) is 35.7 Å². The number of nitrogens with one attached hydrogen (secondary N) is 2. The molecule has 0 saturated carbocycles. The molecule has 0 spiro atoms. The first kappa shape index (κ1) is 22.1. The summed E-state index contributed by atoms with van der Waals surface area (Å²) in [6, 6.07) is 21.4. The van der Waals surface area contributed by atoms with Gasteiger partial charge >= 0.3 is 0 Å². The standard InChI is InChI=1S/C28H31N3O4/c1-3-33-20-9-7-19(8-10-20)27-23-17-31(16-18-5-4-6-21(13-18)32-2)24-15-26-25(34-11-12-35-26)14-22(24)28(23)30-29-27/h4-10,13-15,23,27-30H,3,11-12,16-17H2,1-2H3. The van der Waals surface area contributed by atoms with Crippen LogP contribution in [-0.2, 0) is 6.54 Å². The highest BCUT2D eigenvalue weighted by atomic mass is 16.6. The topological polar surface area (TPSA) is 64.2 Å². The van der Waals surface area contributed by atoms with Gasteiger partial charge in [-0.05, 0) is 53.9 Å². The summed E-state index contributed by atoms with van der Waals surface area (Å²) in [4.78, 5) is 2.46. The fourth-order valence-corrected chi connectivity index (χ4v) is 5.48. The van der Waals surface area contributed by atoms with E-state index < -0.39 is 0 Å². The van der Waals surface area contributed by atoms with Crippen LogP contribution in [0.2, 0.25) is 0 Å². The molecule has 3 heterocycles. The van der Waals surface area contributed by atoms with Crippen molar-refractivity contribution in [3.63, 3.8) is 0 Å². The van der Waals surface area contributed by atoms with Gasteiger partial charge in [-0.3, -0.25) is 0 Å². The summed E-state index contributed by atoms with van der Waals surface area (Å²) in [5.41, 5.74) is 12.0. The van der Waals surface area contributed by atoms with Crippen LogP contribution in [-0.4, -0.2) is 33.5 Å². The molecule has 7 heteroatoms. The van der Waals surface area contributed by atoms with Crippen molar-refractivity contribution in [1.29, 1.82) is 0 Å². The summed E-state index contributed by atoms with van der Waals surface area (Å²) >= 11 is 0. The number of rotatable bonds is 6. The highest BCUT2D eigenvalue weighted by Gasteiger charge is 2.44. The molecule has 3 atom stereocenters. The zero-order valence-corrected chi connectivity index (χ0v) is 20.1. The zero-order valence-electron chi connectivity index (χ0n) is 20.1. The molecule has 0 radical (unpaired) electrons. The quantitative estimate of drug-likeness (QED) is 0.550. The van der Waals surface area contributed by atoms with Crippen LogP contribution in [0, 0.1) is 5.92 Å². The third kappa shape index (κ3) is 4.15. The van der Waals surface area contributed by atoms with E-state index in [1.165, 1.54) is 22.4 Å². The summed E-state index contributed by atoms with van der Waals surface area (Å²) in [6.45, 7) is 5.50. The van der Waals surface area contributed by atoms with Gasteiger partial charge in [0.05, 0.1) is 25.8 Å². The average Bonchev–Trinajstić information content (AvgIpc) is 3.32. The second-order valence-corrected chi connectivity index (χ2v) is 9.20. The van der Waals surface area contributed by atoms with E-state index in [1.54, 1.807) is 7.11 Å². The highest BCUT2D eigenvalue weighted by Crippen LogP contribution is 2.49. The fraction of sp³-hybridized carbons (Fsp3) is 0.357. The van der Waals surface area contributed by atoms with Gasteiger partial charge in [-0.25, -0.2) is 10.9 Å². The first-order valence-corrected chi connectivity index (χ1v) is 12.3. The lowest BCUT2D eigenvalue weighted by Gasteiger charge is -2.40. The Bertz CT molecular complexity index is 1200. The lowest BCUT2D eigenvalue weighted by molar-refractivity contribution is 0.171. The van der Waals surface area contributed by atoms with Crippen LogP contribution in [0.4, 0.5) is 5.69 Å². The molecule has 35 heavy (non-hydrogen) atoms. The van der Waals surface area contributed by atoms with Crippen LogP contribution >= 0.6 is 0 Å². The number of fused-ring (bicyclic) bond motifs is 4. The first-order chi connectivity index (χ1) is 17.2. The lowest BCUT2D eigenvalue weighted by atomic mass is 9.81. The van der Waals surface area contributed by atoms with Gasteiger partial charge in [-0.1, -0.05) is 24.3 Å². The predicted octanol–water partition coefficient (Wildman–Crippen LogP) is 4.39. The minimum absolute atomic E-state index is 0.166. The summed E-state index contributed by atoms with van der Waals surface area (Å²) in [6.07, 6.45) is 0. The largest absolute Gasteiger partial charge is 0.497 e. The second-order valence-electron chi connectivity index (χ2n) is 9.20. The summed E-state index contributed by atoms with van der Waals surface area (Å²) in [5.74, 6) is 3.74. The first-order valence-electron chi connectivity index (χ1n) is 12.3. The van der Waals surface area contributed by atoms with Gasteiger partial charge in [0.2, 0.25) is 0 Å². The fourth-order valence-electron chi connectivity index (χ4n) is 5.48. The van der Waals surface area contributed by atoms with Crippen molar-refractivity contribution in [2.75, 3.05) is 38.4 Å². The van der Waals surface area contributed by atoms with E-state index in [1.807, 2.05) is 19.1 Å². The smallest absolute Gasteiger partial charge is 0.163 e. The van der Waals surface area contributed by atoms with Gasteiger partial charge in [-0.15, -0.1) is 0 Å². The monoisotopic (exact) mass is 473 g/mol. The maximum atomic E-state index is 5.95. The van der Waals surface area contributed by atoms with Crippen LogP contribution in [0.15, 0.2) is 60.7 Å². The minimum atomic E-state index is 0.166. The van der Waals surface area contributed by atoms with E-state index in [2.05, 4.69) is 64.3 Å².